The van der Waals surface area contributed by atoms with Crippen molar-refractivity contribution in [1.29, 1.82) is 0 Å². The van der Waals surface area contributed by atoms with Crippen molar-refractivity contribution in [2.24, 2.45) is 11.5 Å². The number of hydrogen-bond acceptors (Lipinski definition) is 4. The van der Waals surface area contributed by atoms with E-state index in [1.807, 2.05) is 47.0 Å². The summed E-state index contributed by atoms with van der Waals surface area (Å²) in [5.41, 5.74) is 17.3. The average Bonchev–Trinajstić information content (AvgIpc) is 3.32. The van der Waals surface area contributed by atoms with E-state index in [1.54, 1.807) is 24.3 Å². The molecule has 4 aromatic carbocycles. The highest BCUT2D eigenvalue weighted by Crippen LogP contribution is 2.36. The van der Waals surface area contributed by atoms with Crippen molar-refractivity contribution in [2.45, 2.75) is 25.4 Å². The number of halogens is 2. The molecule has 0 bridgehead atoms. The second-order valence-corrected chi connectivity index (χ2v) is 9.81. The molecule has 0 spiro atoms. The van der Waals surface area contributed by atoms with E-state index in [0.29, 0.717) is 31.6 Å². The maximum Gasteiger partial charge on any atom is 0.287 e. The Labute approximate surface area is 231 Å². The fourth-order valence-electron chi connectivity index (χ4n) is 4.79. The third-order valence-electron chi connectivity index (χ3n) is 6.89. The van der Waals surface area contributed by atoms with Gasteiger partial charge in [-0.2, -0.15) is 0 Å². The molecule has 40 heavy (non-hydrogen) atoms. The van der Waals surface area contributed by atoms with Crippen LogP contribution in [0.3, 0.4) is 0 Å². The average molecular weight is 540 g/mol. The number of carbonyl (C=O) groups excluding carboxylic acids is 1. The van der Waals surface area contributed by atoms with Gasteiger partial charge in [0.1, 0.15) is 11.6 Å². The number of hydrogen-bond donors (Lipinski definition) is 3. The molecule has 0 radical (unpaired) electrons. The predicted molar refractivity (Wildman–Crippen MR) is 155 cm³/mol. The molecule has 0 aliphatic heterocycles. The van der Waals surface area contributed by atoms with Gasteiger partial charge in [-0.25, -0.2) is 13.8 Å². The first-order valence-corrected chi connectivity index (χ1v) is 13.3. The highest BCUT2D eigenvalue weighted by Gasteiger charge is 2.21. The van der Waals surface area contributed by atoms with Crippen LogP contribution in [0, 0.1) is 11.6 Å². The summed E-state index contributed by atoms with van der Waals surface area (Å²) in [6.45, 7) is 1.26. The van der Waals surface area contributed by atoms with Crippen LogP contribution in [-0.4, -0.2) is 34.6 Å². The topological polar surface area (TPSA) is 99.0 Å². The van der Waals surface area contributed by atoms with Gasteiger partial charge in [0.25, 0.3) is 5.91 Å². The lowest BCUT2D eigenvalue weighted by atomic mass is 9.94. The van der Waals surface area contributed by atoms with E-state index < -0.39 is 0 Å². The second kappa shape index (κ2) is 12.2. The quantitative estimate of drug-likeness (QED) is 0.218. The molecule has 1 amide bonds. The van der Waals surface area contributed by atoms with Crippen molar-refractivity contribution in [3.63, 3.8) is 0 Å². The molecular weight excluding hydrogens is 508 g/mol. The number of fused-ring (bicyclic) bond motifs is 1. The van der Waals surface area contributed by atoms with Crippen molar-refractivity contribution in [1.82, 2.24) is 14.9 Å². The van der Waals surface area contributed by atoms with Gasteiger partial charge in [-0.1, -0.05) is 54.6 Å². The van der Waals surface area contributed by atoms with Crippen LogP contribution in [-0.2, 0) is 6.54 Å². The van der Waals surface area contributed by atoms with Crippen molar-refractivity contribution < 1.29 is 13.6 Å². The maximum atomic E-state index is 13.8. The molecule has 6 nitrogen and oxygen atoms in total. The van der Waals surface area contributed by atoms with E-state index in [4.69, 9.17) is 16.5 Å². The molecule has 8 heteroatoms. The Morgan fingerprint density at radius 2 is 1.48 bits per heavy atom. The number of nitrogens with zero attached hydrogens (tertiary/aromatic N) is 2. The van der Waals surface area contributed by atoms with E-state index in [-0.39, 0.29) is 29.4 Å². The van der Waals surface area contributed by atoms with E-state index in [2.05, 4.69) is 5.32 Å². The molecule has 204 valence electrons. The number of nitrogens with two attached hydrogens (primary N) is 2. The Bertz CT molecular complexity index is 1600. The summed E-state index contributed by atoms with van der Waals surface area (Å²) in [6, 6.07) is 25.9. The molecule has 5 aromatic rings. The molecule has 5 N–H and O–H groups in total. The number of carbonyl (C=O) groups is 1. The summed E-state index contributed by atoms with van der Waals surface area (Å²) in [5, 5.41) is 2.93. The summed E-state index contributed by atoms with van der Waals surface area (Å²) in [5.74, 6) is -0.761. The molecule has 1 atom stereocenters. The smallest absolute Gasteiger partial charge is 0.287 e. The van der Waals surface area contributed by atoms with Crippen LogP contribution in [0.4, 0.5) is 8.78 Å². The standard InChI is InChI=1S/C32H31F2N5O/c33-24-12-8-22(9-13-24)27-17-29-30(18-28(27)23-10-14-25(34)15-11-23)39(20-21-5-2-1-3-6-21)31(38-29)32(40)37-19-26(36)7-4-16-35/h1-3,5-6,8-15,17-18,26H,4,7,16,19-20,35-36H2,(H,37,40). The van der Waals surface area contributed by atoms with Crippen LogP contribution in [0.2, 0.25) is 0 Å². The summed E-state index contributed by atoms with van der Waals surface area (Å²) < 4.78 is 29.4. The molecule has 1 unspecified atom stereocenters. The highest BCUT2D eigenvalue weighted by atomic mass is 19.1. The molecule has 0 saturated heterocycles. The summed E-state index contributed by atoms with van der Waals surface area (Å²) in [7, 11) is 0. The van der Waals surface area contributed by atoms with E-state index >= 15 is 0 Å². The Morgan fingerprint density at radius 1 is 0.875 bits per heavy atom. The normalized spacial score (nSPS) is 12.0. The molecule has 1 aromatic heterocycles. The zero-order valence-electron chi connectivity index (χ0n) is 22.0. The number of benzene rings is 4. The number of rotatable bonds is 10. The van der Waals surface area contributed by atoms with E-state index in [9.17, 15) is 13.6 Å². The SMILES string of the molecule is NCCCC(N)CNC(=O)c1nc2cc(-c3ccc(F)cc3)c(-c3ccc(F)cc3)cc2n1Cc1ccccc1. The number of aromatic nitrogens is 2. The molecular formula is C32H31F2N5O. The van der Waals surface area contributed by atoms with Crippen LogP contribution in [0.15, 0.2) is 91.0 Å². The van der Waals surface area contributed by atoms with Crippen LogP contribution in [0.25, 0.3) is 33.3 Å². The summed E-state index contributed by atoms with van der Waals surface area (Å²) in [6.07, 6.45) is 1.49. The van der Waals surface area contributed by atoms with Crippen molar-refractivity contribution in [2.75, 3.05) is 13.1 Å². The van der Waals surface area contributed by atoms with Crippen LogP contribution in [0.5, 0.6) is 0 Å². The van der Waals surface area contributed by atoms with Gasteiger partial charge in [0.15, 0.2) is 5.82 Å². The Balaban J connectivity index is 1.65. The number of amides is 1. The second-order valence-electron chi connectivity index (χ2n) is 9.81. The fraction of sp³-hybridized carbons (Fsp3) is 0.188. The van der Waals surface area contributed by atoms with Gasteiger partial charge in [0.05, 0.1) is 11.0 Å². The Morgan fingerprint density at radius 3 is 2.08 bits per heavy atom. The van der Waals surface area contributed by atoms with Gasteiger partial charge in [0.2, 0.25) is 0 Å². The fourth-order valence-corrected chi connectivity index (χ4v) is 4.79. The molecule has 1 heterocycles. The van der Waals surface area contributed by atoms with Crippen LogP contribution >= 0.6 is 0 Å². The van der Waals surface area contributed by atoms with Gasteiger partial charge >= 0.3 is 0 Å². The lowest BCUT2D eigenvalue weighted by molar-refractivity contribution is 0.0937. The lowest BCUT2D eigenvalue weighted by Gasteiger charge is -2.14. The molecule has 0 aliphatic carbocycles. The van der Waals surface area contributed by atoms with Crippen LogP contribution < -0.4 is 16.8 Å². The summed E-state index contributed by atoms with van der Waals surface area (Å²) in [4.78, 5) is 18.2. The van der Waals surface area contributed by atoms with Crippen molar-refractivity contribution in [3.8, 4) is 22.3 Å². The van der Waals surface area contributed by atoms with Gasteiger partial charge in [0, 0.05) is 19.1 Å². The van der Waals surface area contributed by atoms with Crippen LogP contribution in [0.1, 0.15) is 29.0 Å². The zero-order chi connectivity index (χ0) is 28.1. The summed E-state index contributed by atoms with van der Waals surface area (Å²) >= 11 is 0. The molecule has 0 saturated carbocycles. The van der Waals surface area contributed by atoms with Gasteiger partial charge in [-0.3, -0.25) is 4.79 Å². The monoisotopic (exact) mass is 539 g/mol. The minimum absolute atomic E-state index is 0.213. The van der Waals surface area contributed by atoms with Gasteiger partial charge in [-0.05, 0) is 83.6 Å². The Kier molecular flexibility index (Phi) is 8.28. The first-order valence-electron chi connectivity index (χ1n) is 13.3. The molecule has 5 rings (SSSR count). The Hall–Kier alpha value is -4.40. The minimum atomic E-state index is -0.344. The zero-order valence-corrected chi connectivity index (χ0v) is 22.0. The highest BCUT2D eigenvalue weighted by molar-refractivity contribution is 5.99. The number of nitrogens with one attached hydrogen (secondary N) is 1. The van der Waals surface area contributed by atoms with Crippen molar-refractivity contribution in [3.05, 3.63) is 114 Å². The van der Waals surface area contributed by atoms with E-state index in [0.717, 1.165) is 39.8 Å². The first kappa shape index (κ1) is 27.2. The van der Waals surface area contributed by atoms with Crippen molar-refractivity contribution >= 4 is 16.9 Å². The number of imidazole rings is 1. The minimum Gasteiger partial charge on any atom is -0.348 e. The van der Waals surface area contributed by atoms with E-state index in [1.165, 1.54) is 24.3 Å². The third kappa shape index (κ3) is 6.09. The third-order valence-corrected chi connectivity index (χ3v) is 6.89. The molecule has 0 aliphatic rings. The van der Waals surface area contributed by atoms with Gasteiger partial charge in [-0.15, -0.1) is 0 Å². The first-order chi connectivity index (χ1) is 19.4. The lowest BCUT2D eigenvalue weighted by Crippen LogP contribution is -2.38. The maximum absolute atomic E-state index is 13.8. The largest absolute Gasteiger partial charge is 0.348 e. The predicted octanol–water partition coefficient (Wildman–Crippen LogP) is 5.49. The molecule has 0 fully saturated rings. The van der Waals surface area contributed by atoms with Gasteiger partial charge < -0.3 is 21.4 Å².